The summed E-state index contributed by atoms with van der Waals surface area (Å²) >= 11 is 7.79. The van der Waals surface area contributed by atoms with E-state index in [1.165, 1.54) is 0 Å². The highest BCUT2D eigenvalue weighted by Gasteiger charge is 2.04. The number of halogens is 2. The second-order valence-electron chi connectivity index (χ2n) is 2.31. The summed E-state index contributed by atoms with van der Waals surface area (Å²) in [4.78, 5) is 10.4. The van der Waals surface area contributed by atoms with Crippen molar-refractivity contribution in [1.82, 2.24) is 0 Å². The van der Waals surface area contributed by atoms with Gasteiger partial charge in [0.2, 0.25) is 0 Å². The lowest BCUT2D eigenvalue weighted by atomic mass is 10.2. The number of aliphatic carboxylic acids is 1. The summed E-state index contributed by atoms with van der Waals surface area (Å²) in [7, 11) is 0. The Morgan fingerprint density at radius 1 is 1.58 bits per heavy atom. The van der Waals surface area contributed by atoms with E-state index in [1.54, 1.807) is 18.2 Å². The van der Waals surface area contributed by atoms with E-state index in [4.69, 9.17) is 16.7 Å². The molecule has 0 aromatic heterocycles. The van der Waals surface area contributed by atoms with Gasteiger partial charge >= 0.3 is 5.97 Å². The highest BCUT2D eigenvalue weighted by Crippen LogP contribution is 2.18. The quantitative estimate of drug-likeness (QED) is 0.852. The molecular weight excluding hydrogens is 290 g/mol. The molecule has 0 heterocycles. The normalized spacial score (nSPS) is 9.83. The zero-order valence-corrected chi connectivity index (χ0v) is 8.96. The van der Waals surface area contributed by atoms with Crippen LogP contribution in [0.3, 0.4) is 0 Å². The van der Waals surface area contributed by atoms with Crippen molar-refractivity contribution in [1.29, 1.82) is 0 Å². The van der Waals surface area contributed by atoms with Gasteiger partial charge in [-0.15, -0.1) is 0 Å². The molecule has 0 unspecified atom stereocenters. The molecule has 0 bridgehead atoms. The van der Waals surface area contributed by atoms with Crippen LogP contribution in [0, 0.1) is 3.57 Å². The van der Waals surface area contributed by atoms with Gasteiger partial charge in [-0.1, -0.05) is 11.6 Å². The summed E-state index contributed by atoms with van der Waals surface area (Å²) in [5.41, 5.74) is 0.760. The second kappa shape index (κ2) is 4.09. The average molecular weight is 296 g/mol. The van der Waals surface area contributed by atoms with E-state index in [0.29, 0.717) is 5.02 Å². The third-order valence-electron chi connectivity index (χ3n) is 1.35. The molecule has 0 aliphatic rings. The third-order valence-corrected chi connectivity index (χ3v) is 2.64. The molecule has 2 nitrogen and oxygen atoms in total. The summed E-state index contributed by atoms with van der Waals surface area (Å²) in [5.74, 6) is -0.838. The minimum Gasteiger partial charge on any atom is -0.481 e. The van der Waals surface area contributed by atoms with E-state index in [2.05, 4.69) is 22.6 Å². The summed E-state index contributed by atoms with van der Waals surface area (Å²) in [5, 5.41) is 9.11. The van der Waals surface area contributed by atoms with Gasteiger partial charge in [0.1, 0.15) is 0 Å². The van der Waals surface area contributed by atoms with Gasteiger partial charge < -0.3 is 5.11 Å². The van der Waals surface area contributed by atoms with Crippen LogP contribution in [0.1, 0.15) is 5.56 Å². The van der Waals surface area contributed by atoms with Crippen LogP contribution in [-0.2, 0) is 11.2 Å². The Morgan fingerprint density at radius 2 is 2.25 bits per heavy atom. The zero-order chi connectivity index (χ0) is 9.14. The molecule has 0 radical (unpaired) electrons. The number of carbonyl (C=O) groups is 1. The van der Waals surface area contributed by atoms with E-state index in [0.717, 1.165) is 9.13 Å². The van der Waals surface area contributed by atoms with Gasteiger partial charge in [-0.25, -0.2) is 0 Å². The van der Waals surface area contributed by atoms with Crippen LogP contribution in [0.25, 0.3) is 0 Å². The summed E-state index contributed by atoms with van der Waals surface area (Å²) in [6.07, 6.45) is 0.0266. The topological polar surface area (TPSA) is 37.3 Å². The number of hydrogen-bond donors (Lipinski definition) is 1. The molecule has 0 saturated heterocycles. The van der Waals surface area contributed by atoms with E-state index >= 15 is 0 Å². The van der Waals surface area contributed by atoms with Crippen LogP contribution in [0.4, 0.5) is 0 Å². The molecule has 0 fully saturated rings. The Hall–Kier alpha value is -0.290. The van der Waals surface area contributed by atoms with Gasteiger partial charge in [-0.3, -0.25) is 4.79 Å². The van der Waals surface area contributed by atoms with Gasteiger partial charge in [-0.2, -0.15) is 0 Å². The molecule has 1 aromatic carbocycles. The van der Waals surface area contributed by atoms with Crippen LogP contribution >= 0.6 is 34.2 Å². The maximum absolute atomic E-state index is 10.4. The second-order valence-corrected chi connectivity index (χ2v) is 3.90. The van der Waals surface area contributed by atoms with Crippen molar-refractivity contribution in [2.24, 2.45) is 0 Å². The molecule has 0 amide bonds. The first-order valence-electron chi connectivity index (χ1n) is 3.25. The molecule has 12 heavy (non-hydrogen) atoms. The molecule has 1 N–H and O–H groups in total. The van der Waals surface area contributed by atoms with Crippen LogP contribution in [0.2, 0.25) is 5.02 Å². The molecular formula is C8H6ClIO2. The van der Waals surface area contributed by atoms with Crippen LogP contribution in [-0.4, -0.2) is 11.1 Å². The van der Waals surface area contributed by atoms with E-state index in [-0.39, 0.29) is 6.42 Å². The van der Waals surface area contributed by atoms with E-state index < -0.39 is 5.97 Å². The number of carboxylic acids is 1. The highest BCUT2D eigenvalue weighted by molar-refractivity contribution is 14.1. The summed E-state index contributed by atoms with van der Waals surface area (Å²) < 4.78 is 0.930. The van der Waals surface area contributed by atoms with Crippen molar-refractivity contribution in [2.75, 3.05) is 0 Å². The third kappa shape index (κ3) is 2.64. The zero-order valence-electron chi connectivity index (χ0n) is 6.05. The Morgan fingerprint density at radius 3 is 2.83 bits per heavy atom. The maximum atomic E-state index is 10.4. The van der Waals surface area contributed by atoms with Crippen molar-refractivity contribution in [3.8, 4) is 0 Å². The molecule has 0 atom stereocenters. The molecule has 1 rings (SSSR count). The fourth-order valence-corrected chi connectivity index (χ4v) is 1.56. The molecule has 0 saturated carbocycles. The van der Waals surface area contributed by atoms with Crippen molar-refractivity contribution >= 4 is 40.2 Å². The highest BCUT2D eigenvalue weighted by atomic mass is 127. The lowest BCUT2D eigenvalue weighted by Crippen LogP contribution is -2.01. The number of carboxylic acid groups (broad SMARTS) is 1. The summed E-state index contributed by atoms with van der Waals surface area (Å²) in [6.45, 7) is 0. The smallest absolute Gasteiger partial charge is 0.307 e. The Bertz CT molecular complexity index is 312. The molecule has 0 aliphatic heterocycles. The van der Waals surface area contributed by atoms with Gasteiger partial charge in [0, 0.05) is 8.59 Å². The lowest BCUT2D eigenvalue weighted by molar-refractivity contribution is -0.136. The van der Waals surface area contributed by atoms with Gasteiger partial charge in [0.25, 0.3) is 0 Å². The standard InChI is InChI=1S/C8H6ClIO2/c9-6-1-2-7(10)5(3-6)4-8(11)12/h1-3H,4H2,(H,11,12). The number of hydrogen-bond acceptors (Lipinski definition) is 1. The summed E-state index contributed by atoms with van der Waals surface area (Å²) in [6, 6.07) is 5.23. The largest absolute Gasteiger partial charge is 0.481 e. The molecule has 4 heteroatoms. The van der Waals surface area contributed by atoms with Crippen molar-refractivity contribution < 1.29 is 9.90 Å². The van der Waals surface area contributed by atoms with Crippen LogP contribution in [0.5, 0.6) is 0 Å². The van der Waals surface area contributed by atoms with Crippen LogP contribution < -0.4 is 0 Å². The van der Waals surface area contributed by atoms with Gasteiger partial charge in [0.15, 0.2) is 0 Å². The first-order valence-corrected chi connectivity index (χ1v) is 4.71. The Balaban J connectivity index is 2.97. The fourth-order valence-electron chi connectivity index (χ4n) is 0.842. The fraction of sp³-hybridized carbons (Fsp3) is 0.125. The Kier molecular flexibility index (Phi) is 3.34. The SMILES string of the molecule is O=C(O)Cc1cc(Cl)ccc1I. The van der Waals surface area contributed by atoms with Crippen LogP contribution in [0.15, 0.2) is 18.2 Å². The van der Waals surface area contributed by atoms with E-state index in [9.17, 15) is 4.79 Å². The lowest BCUT2D eigenvalue weighted by Gasteiger charge is -2.00. The van der Waals surface area contributed by atoms with Crippen molar-refractivity contribution in [3.05, 3.63) is 32.4 Å². The molecule has 0 spiro atoms. The molecule has 0 aliphatic carbocycles. The van der Waals surface area contributed by atoms with Crippen molar-refractivity contribution in [3.63, 3.8) is 0 Å². The monoisotopic (exact) mass is 296 g/mol. The van der Waals surface area contributed by atoms with Gasteiger partial charge in [-0.05, 0) is 46.4 Å². The minimum atomic E-state index is -0.838. The Labute approximate surface area is 88.7 Å². The van der Waals surface area contributed by atoms with Gasteiger partial charge in [0.05, 0.1) is 6.42 Å². The maximum Gasteiger partial charge on any atom is 0.307 e. The number of benzene rings is 1. The minimum absolute atomic E-state index is 0.0266. The number of rotatable bonds is 2. The molecule has 64 valence electrons. The predicted octanol–water partition coefficient (Wildman–Crippen LogP) is 2.57. The van der Waals surface area contributed by atoms with E-state index in [1.807, 2.05) is 0 Å². The predicted molar refractivity (Wildman–Crippen MR) is 55.5 cm³/mol. The van der Waals surface area contributed by atoms with Crippen molar-refractivity contribution in [2.45, 2.75) is 6.42 Å². The first-order chi connectivity index (χ1) is 5.59. The first kappa shape index (κ1) is 9.80. The molecule has 1 aromatic rings. The average Bonchev–Trinajstić information content (AvgIpc) is 1.96.